The fourth-order valence-corrected chi connectivity index (χ4v) is 3.57. The summed E-state index contributed by atoms with van der Waals surface area (Å²) in [4.78, 5) is 30.0. The van der Waals surface area contributed by atoms with E-state index in [9.17, 15) is 9.59 Å². The number of hydrogen-bond donors (Lipinski definition) is 1. The predicted octanol–water partition coefficient (Wildman–Crippen LogP) is 2.84. The maximum Gasteiger partial charge on any atom is 0.315 e. The number of carbonyl (C=O) groups is 2. The number of likely N-dealkylation sites (tertiary alicyclic amines) is 1. The third-order valence-electron chi connectivity index (χ3n) is 4.95. The summed E-state index contributed by atoms with van der Waals surface area (Å²) in [6.45, 7) is 6.59. The van der Waals surface area contributed by atoms with Crippen molar-refractivity contribution in [2.75, 3.05) is 13.1 Å². The van der Waals surface area contributed by atoms with Crippen molar-refractivity contribution in [1.82, 2.24) is 10.2 Å². The lowest BCUT2D eigenvalue weighted by Gasteiger charge is -2.39. The van der Waals surface area contributed by atoms with Gasteiger partial charge in [-0.1, -0.05) is 35.9 Å². The number of nitrogens with one attached hydrogen (secondary N) is 1. The number of halogens is 1. The number of allylic oxidation sites excluding steroid dienone is 3. The lowest BCUT2D eigenvalue weighted by atomic mass is 9.84. The monoisotopic (exact) mass is 387 g/mol. The van der Waals surface area contributed by atoms with Crippen LogP contribution in [0.15, 0.2) is 52.3 Å². The Labute approximate surface area is 163 Å². The van der Waals surface area contributed by atoms with Crippen LogP contribution in [0, 0.1) is 0 Å². The summed E-state index contributed by atoms with van der Waals surface area (Å²) in [5.41, 5.74) is 2.05. The van der Waals surface area contributed by atoms with Gasteiger partial charge in [-0.3, -0.25) is 9.59 Å². The van der Waals surface area contributed by atoms with E-state index in [-0.39, 0.29) is 11.4 Å². The molecule has 1 aromatic rings. The second-order valence-electron chi connectivity index (χ2n) is 6.65. The highest BCUT2D eigenvalue weighted by Gasteiger charge is 2.43. The molecule has 142 valence electrons. The summed E-state index contributed by atoms with van der Waals surface area (Å²) in [5, 5.41) is 2.99. The van der Waals surface area contributed by atoms with E-state index in [4.69, 9.17) is 16.3 Å². The van der Waals surface area contributed by atoms with E-state index in [1.165, 1.54) is 17.2 Å². The second-order valence-corrected chi connectivity index (χ2v) is 7.25. The van der Waals surface area contributed by atoms with Gasteiger partial charge in [0.2, 0.25) is 0 Å². The standard InChI is InChI=1S/C20H22ClN3O3/c1-14(21)7-8-17(22-2)23-18(25)19(26)24-11-9-20(10-12-24)16-6-4-3-5-15(16)13-27-20/h3-8H,2,9-13H2,1H3,(H,23,25)/b14-7+,17-8+. The molecule has 3 rings (SSSR count). The number of amides is 2. The first kappa shape index (κ1) is 19.3. The van der Waals surface area contributed by atoms with Gasteiger partial charge in [0.05, 0.1) is 12.2 Å². The van der Waals surface area contributed by atoms with Crippen molar-refractivity contribution in [2.45, 2.75) is 32.0 Å². The van der Waals surface area contributed by atoms with Crippen LogP contribution in [0.2, 0.25) is 0 Å². The average Bonchev–Trinajstić information content (AvgIpc) is 3.03. The van der Waals surface area contributed by atoms with Gasteiger partial charge in [-0.2, -0.15) is 0 Å². The van der Waals surface area contributed by atoms with Crippen LogP contribution < -0.4 is 5.32 Å². The summed E-state index contributed by atoms with van der Waals surface area (Å²) in [5.74, 6) is -1.15. The zero-order valence-electron chi connectivity index (χ0n) is 15.2. The Morgan fingerprint density at radius 3 is 2.67 bits per heavy atom. The average molecular weight is 388 g/mol. The summed E-state index contributed by atoms with van der Waals surface area (Å²) in [6, 6.07) is 8.17. The molecule has 0 unspecified atom stereocenters. The molecule has 1 spiro atoms. The van der Waals surface area contributed by atoms with Gasteiger partial charge in [0.25, 0.3) is 0 Å². The number of benzene rings is 1. The summed E-state index contributed by atoms with van der Waals surface area (Å²) in [7, 11) is 0. The molecule has 6 nitrogen and oxygen atoms in total. The number of ether oxygens (including phenoxy) is 1. The number of aliphatic imine (C=N–C) groups is 1. The van der Waals surface area contributed by atoms with Gasteiger partial charge in [-0.15, -0.1) is 0 Å². The molecule has 2 aliphatic rings. The molecule has 0 radical (unpaired) electrons. The van der Waals surface area contributed by atoms with Crippen LogP contribution in [-0.4, -0.2) is 36.5 Å². The van der Waals surface area contributed by atoms with Crippen molar-refractivity contribution in [1.29, 1.82) is 0 Å². The molecule has 2 amide bonds. The van der Waals surface area contributed by atoms with E-state index < -0.39 is 11.8 Å². The minimum Gasteiger partial charge on any atom is -0.365 e. The lowest BCUT2D eigenvalue weighted by Crippen LogP contribution is -2.49. The van der Waals surface area contributed by atoms with Gasteiger partial charge in [0.15, 0.2) is 0 Å². The first-order chi connectivity index (χ1) is 12.9. The molecule has 2 heterocycles. The normalized spacial score (nSPS) is 19.0. The third kappa shape index (κ3) is 4.12. The Balaban J connectivity index is 1.62. The van der Waals surface area contributed by atoms with Crippen molar-refractivity contribution in [3.8, 4) is 0 Å². The first-order valence-electron chi connectivity index (χ1n) is 8.78. The Morgan fingerprint density at radius 1 is 1.30 bits per heavy atom. The molecule has 0 aromatic heterocycles. The number of fused-ring (bicyclic) bond motifs is 2. The molecular formula is C20H22ClN3O3. The van der Waals surface area contributed by atoms with E-state index in [2.05, 4.69) is 29.2 Å². The van der Waals surface area contributed by atoms with Gasteiger partial charge >= 0.3 is 11.8 Å². The maximum absolute atomic E-state index is 12.5. The van der Waals surface area contributed by atoms with Gasteiger partial charge in [0, 0.05) is 18.1 Å². The highest BCUT2D eigenvalue weighted by atomic mass is 35.5. The van der Waals surface area contributed by atoms with Gasteiger partial charge in [0.1, 0.15) is 5.82 Å². The zero-order valence-corrected chi connectivity index (χ0v) is 16.0. The van der Waals surface area contributed by atoms with Crippen molar-refractivity contribution in [2.24, 2.45) is 4.99 Å². The molecule has 0 aliphatic carbocycles. The summed E-state index contributed by atoms with van der Waals surface area (Å²) >= 11 is 5.75. The molecule has 1 aromatic carbocycles. The molecular weight excluding hydrogens is 366 g/mol. The Kier molecular flexibility index (Phi) is 5.77. The molecule has 1 N–H and O–H groups in total. The number of rotatable bonds is 3. The SMILES string of the molecule is C=N/C(=C\C=C(/C)Cl)NC(=O)C(=O)N1CCC2(CC1)OCc1ccccc12. The molecule has 0 saturated carbocycles. The van der Waals surface area contributed by atoms with Crippen molar-refractivity contribution >= 4 is 30.1 Å². The molecule has 7 heteroatoms. The van der Waals surface area contributed by atoms with Crippen LogP contribution in [0.25, 0.3) is 0 Å². The lowest BCUT2D eigenvalue weighted by molar-refractivity contribution is -0.149. The molecule has 0 atom stereocenters. The number of carbonyl (C=O) groups excluding carboxylic acids is 2. The topological polar surface area (TPSA) is 71.0 Å². The minimum atomic E-state index is -0.738. The Bertz CT molecular complexity index is 820. The Morgan fingerprint density at radius 2 is 2.00 bits per heavy atom. The van der Waals surface area contributed by atoms with Crippen LogP contribution in [0.1, 0.15) is 30.9 Å². The number of piperidine rings is 1. The predicted molar refractivity (Wildman–Crippen MR) is 104 cm³/mol. The van der Waals surface area contributed by atoms with E-state index in [0.29, 0.717) is 37.6 Å². The van der Waals surface area contributed by atoms with E-state index in [0.717, 1.165) is 0 Å². The van der Waals surface area contributed by atoms with Crippen LogP contribution >= 0.6 is 11.6 Å². The van der Waals surface area contributed by atoms with Crippen molar-refractivity contribution in [3.05, 3.63) is 58.4 Å². The van der Waals surface area contributed by atoms with Gasteiger partial charge in [-0.05, 0) is 49.8 Å². The van der Waals surface area contributed by atoms with E-state index in [1.54, 1.807) is 17.9 Å². The van der Waals surface area contributed by atoms with Gasteiger partial charge in [-0.25, -0.2) is 4.99 Å². The van der Waals surface area contributed by atoms with Crippen molar-refractivity contribution < 1.29 is 14.3 Å². The fourth-order valence-electron chi connectivity index (χ4n) is 3.51. The van der Waals surface area contributed by atoms with Crippen LogP contribution in [0.4, 0.5) is 0 Å². The molecule has 1 saturated heterocycles. The quantitative estimate of drug-likeness (QED) is 0.492. The summed E-state index contributed by atoms with van der Waals surface area (Å²) < 4.78 is 6.09. The number of hydrogen-bond acceptors (Lipinski definition) is 4. The highest BCUT2D eigenvalue weighted by Crippen LogP contribution is 2.43. The van der Waals surface area contributed by atoms with E-state index >= 15 is 0 Å². The number of nitrogens with zero attached hydrogens (tertiary/aromatic N) is 2. The van der Waals surface area contributed by atoms with Crippen LogP contribution in [0.5, 0.6) is 0 Å². The van der Waals surface area contributed by atoms with Crippen molar-refractivity contribution in [3.63, 3.8) is 0 Å². The van der Waals surface area contributed by atoms with E-state index in [1.807, 2.05) is 12.1 Å². The van der Waals surface area contributed by atoms with Crippen LogP contribution in [-0.2, 0) is 26.5 Å². The molecule has 27 heavy (non-hydrogen) atoms. The molecule has 1 fully saturated rings. The molecule has 0 bridgehead atoms. The Hall–Kier alpha value is -2.44. The first-order valence-corrected chi connectivity index (χ1v) is 9.16. The maximum atomic E-state index is 12.5. The van der Waals surface area contributed by atoms with Crippen LogP contribution in [0.3, 0.4) is 0 Å². The second kappa shape index (κ2) is 8.06. The van der Waals surface area contributed by atoms with Gasteiger partial charge < -0.3 is 15.0 Å². The largest absolute Gasteiger partial charge is 0.365 e. The highest BCUT2D eigenvalue weighted by molar-refractivity contribution is 6.35. The minimum absolute atomic E-state index is 0.176. The zero-order chi connectivity index (χ0) is 19.4. The summed E-state index contributed by atoms with van der Waals surface area (Å²) in [6.07, 6.45) is 4.39. The third-order valence-corrected chi connectivity index (χ3v) is 5.07. The fraction of sp³-hybridized carbons (Fsp3) is 0.350. The molecule has 2 aliphatic heterocycles. The smallest absolute Gasteiger partial charge is 0.315 e.